The van der Waals surface area contributed by atoms with Crippen LogP contribution in [0.4, 0.5) is 11.5 Å². The molecule has 3 rings (SSSR count). The Hall–Kier alpha value is -2.76. The Labute approximate surface area is 147 Å². The molecule has 0 bridgehead atoms. The van der Waals surface area contributed by atoms with Crippen molar-refractivity contribution < 1.29 is 14.3 Å². The van der Waals surface area contributed by atoms with E-state index in [9.17, 15) is 9.59 Å². The van der Waals surface area contributed by atoms with Gasteiger partial charge in [-0.1, -0.05) is 6.07 Å². The van der Waals surface area contributed by atoms with Gasteiger partial charge in [-0.2, -0.15) is 0 Å². The van der Waals surface area contributed by atoms with Gasteiger partial charge in [0.1, 0.15) is 11.6 Å². The molecule has 2 aromatic rings. The van der Waals surface area contributed by atoms with Crippen LogP contribution in [0.25, 0.3) is 0 Å². The van der Waals surface area contributed by atoms with Gasteiger partial charge in [-0.25, -0.2) is 0 Å². The lowest BCUT2D eigenvalue weighted by molar-refractivity contribution is -0.118. The molecule has 25 heavy (non-hydrogen) atoms. The van der Waals surface area contributed by atoms with Crippen LogP contribution in [0.15, 0.2) is 36.5 Å². The second-order valence-corrected chi connectivity index (χ2v) is 6.18. The van der Waals surface area contributed by atoms with Crippen LogP contribution in [0.3, 0.4) is 0 Å². The number of carbonyl (C=O) groups is 2. The number of aromatic nitrogens is 1. The number of amides is 2. The number of carbonyl (C=O) groups excluding carboxylic acids is 2. The summed E-state index contributed by atoms with van der Waals surface area (Å²) >= 11 is 0. The van der Waals surface area contributed by atoms with E-state index in [0.29, 0.717) is 19.4 Å². The number of H-pyrrole nitrogens is 1. The zero-order chi connectivity index (χ0) is 17.6. The van der Waals surface area contributed by atoms with Gasteiger partial charge in [0.25, 0.3) is 0 Å². The minimum absolute atomic E-state index is 0.0503. The summed E-state index contributed by atoms with van der Waals surface area (Å²) in [5.41, 5.74) is 1.99. The van der Waals surface area contributed by atoms with Crippen molar-refractivity contribution in [2.45, 2.75) is 32.1 Å². The molecular weight excluding hydrogens is 318 g/mol. The highest BCUT2D eigenvalue weighted by atomic mass is 16.5. The van der Waals surface area contributed by atoms with Crippen LogP contribution >= 0.6 is 0 Å². The first-order chi connectivity index (χ1) is 12.1. The number of aromatic amines is 1. The number of unbranched alkanes of at least 4 members (excludes halogenated alkanes) is 1. The monoisotopic (exact) mass is 341 g/mol. The molecular formula is C19H23N3O3. The van der Waals surface area contributed by atoms with Crippen LogP contribution in [0.1, 0.15) is 31.2 Å². The van der Waals surface area contributed by atoms with Gasteiger partial charge in [-0.05, 0) is 43.0 Å². The molecule has 1 aromatic carbocycles. The zero-order valence-electron chi connectivity index (χ0n) is 14.4. The maximum absolute atomic E-state index is 12.1. The minimum atomic E-state index is 0.0503. The van der Waals surface area contributed by atoms with Crippen LogP contribution in [-0.4, -0.2) is 30.5 Å². The number of hydrogen-bond donors (Lipinski definition) is 2. The van der Waals surface area contributed by atoms with Gasteiger partial charge in [-0.15, -0.1) is 0 Å². The molecule has 1 aromatic heterocycles. The van der Waals surface area contributed by atoms with Crippen molar-refractivity contribution in [1.82, 2.24) is 4.98 Å². The molecule has 1 aliphatic rings. The van der Waals surface area contributed by atoms with E-state index >= 15 is 0 Å². The summed E-state index contributed by atoms with van der Waals surface area (Å²) in [5.74, 6) is 1.68. The predicted octanol–water partition coefficient (Wildman–Crippen LogP) is 3.11. The van der Waals surface area contributed by atoms with E-state index < -0.39 is 0 Å². The lowest BCUT2D eigenvalue weighted by Gasteiger charge is -2.18. The normalized spacial score (nSPS) is 13.1. The molecule has 0 fully saturated rings. The number of aryl methyl sites for hydroxylation is 1. The van der Waals surface area contributed by atoms with Gasteiger partial charge in [0.05, 0.1) is 6.61 Å². The SMILES string of the molecule is CN(C(=O)CCCCOc1ccc2c(c1)NC(=O)CC2)c1ccc[nH]1. The van der Waals surface area contributed by atoms with Crippen molar-refractivity contribution in [3.63, 3.8) is 0 Å². The first kappa shape index (κ1) is 17.1. The molecule has 0 radical (unpaired) electrons. The molecule has 0 unspecified atom stereocenters. The van der Waals surface area contributed by atoms with Crippen molar-refractivity contribution in [1.29, 1.82) is 0 Å². The Kier molecular flexibility index (Phi) is 5.38. The second kappa shape index (κ2) is 7.88. The van der Waals surface area contributed by atoms with Gasteiger partial charge in [0, 0.05) is 37.8 Å². The van der Waals surface area contributed by atoms with Crippen molar-refractivity contribution in [3.8, 4) is 5.75 Å². The largest absolute Gasteiger partial charge is 0.494 e. The smallest absolute Gasteiger partial charge is 0.227 e. The van der Waals surface area contributed by atoms with Gasteiger partial charge < -0.3 is 19.9 Å². The molecule has 1 aliphatic heterocycles. The summed E-state index contributed by atoms with van der Waals surface area (Å²) < 4.78 is 5.74. The van der Waals surface area contributed by atoms with Gasteiger partial charge in [0.2, 0.25) is 11.8 Å². The Balaban J connectivity index is 1.39. The van der Waals surface area contributed by atoms with Crippen molar-refractivity contribution in [2.24, 2.45) is 0 Å². The number of nitrogens with one attached hydrogen (secondary N) is 2. The topological polar surface area (TPSA) is 74.4 Å². The summed E-state index contributed by atoms with van der Waals surface area (Å²) in [6.45, 7) is 0.548. The standard InChI is InChI=1S/C19H23N3O3/c1-22(17-5-4-11-20-17)19(24)6-2-3-12-25-15-9-7-14-8-10-18(23)21-16(14)13-15/h4-5,7,9,11,13,20H,2-3,6,8,10,12H2,1H3,(H,21,23). The Morgan fingerprint density at radius 3 is 2.92 bits per heavy atom. The fourth-order valence-corrected chi connectivity index (χ4v) is 2.84. The summed E-state index contributed by atoms with van der Waals surface area (Å²) in [7, 11) is 1.77. The average Bonchev–Trinajstić information content (AvgIpc) is 3.14. The molecule has 0 spiro atoms. The summed E-state index contributed by atoms with van der Waals surface area (Å²) in [4.78, 5) is 28.2. The van der Waals surface area contributed by atoms with E-state index in [-0.39, 0.29) is 11.8 Å². The number of fused-ring (bicyclic) bond motifs is 1. The van der Waals surface area contributed by atoms with Gasteiger partial charge in [0.15, 0.2) is 0 Å². The lowest BCUT2D eigenvalue weighted by Crippen LogP contribution is -2.26. The van der Waals surface area contributed by atoms with E-state index in [1.165, 1.54) is 0 Å². The van der Waals surface area contributed by atoms with E-state index in [2.05, 4.69) is 10.3 Å². The van der Waals surface area contributed by atoms with Gasteiger partial charge in [-0.3, -0.25) is 9.59 Å². The van der Waals surface area contributed by atoms with Crippen molar-refractivity contribution in [3.05, 3.63) is 42.1 Å². The molecule has 2 heterocycles. The van der Waals surface area contributed by atoms with Crippen LogP contribution < -0.4 is 15.0 Å². The Morgan fingerprint density at radius 2 is 2.12 bits per heavy atom. The number of nitrogens with zero attached hydrogens (tertiary/aromatic N) is 1. The van der Waals surface area contributed by atoms with Crippen molar-refractivity contribution >= 4 is 23.3 Å². The van der Waals surface area contributed by atoms with Crippen LogP contribution in [0.2, 0.25) is 0 Å². The molecule has 2 N–H and O–H groups in total. The van der Waals surface area contributed by atoms with Gasteiger partial charge >= 0.3 is 0 Å². The number of ether oxygens (including phenoxy) is 1. The number of anilines is 2. The zero-order valence-corrected chi connectivity index (χ0v) is 14.4. The molecule has 6 nitrogen and oxygen atoms in total. The number of hydrogen-bond acceptors (Lipinski definition) is 3. The first-order valence-electron chi connectivity index (χ1n) is 8.59. The van der Waals surface area contributed by atoms with Crippen LogP contribution in [0, 0.1) is 0 Å². The molecule has 0 aliphatic carbocycles. The fraction of sp³-hybridized carbons (Fsp3) is 0.368. The third-order valence-corrected chi connectivity index (χ3v) is 4.35. The third-order valence-electron chi connectivity index (χ3n) is 4.35. The molecule has 0 saturated heterocycles. The Morgan fingerprint density at radius 1 is 1.24 bits per heavy atom. The first-order valence-corrected chi connectivity index (χ1v) is 8.59. The fourth-order valence-electron chi connectivity index (χ4n) is 2.84. The summed E-state index contributed by atoms with van der Waals surface area (Å²) in [6, 6.07) is 9.54. The molecule has 0 saturated carbocycles. The molecule has 2 amide bonds. The lowest BCUT2D eigenvalue weighted by atomic mass is 10.0. The van der Waals surface area contributed by atoms with Crippen LogP contribution in [-0.2, 0) is 16.0 Å². The quantitative estimate of drug-likeness (QED) is 0.760. The summed E-state index contributed by atoms with van der Waals surface area (Å²) in [5, 5.41) is 2.87. The number of rotatable bonds is 7. The summed E-state index contributed by atoms with van der Waals surface area (Å²) in [6.07, 6.45) is 5.17. The molecule has 132 valence electrons. The van der Waals surface area contributed by atoms with Crippen molar-refractivity contribution in [2.75, 3.05) is 23.9 Å². The Bertz CT molecular complexity index is 740. The van der Waals surface area contributed by atoms with E-state index in [4.69, 9.17) is 4.74 Å². The highest BCUT2D eigenvalue weighted by Gasteiger charge is 2.15. The predicted molar refractivity (Wildman–Crippen MR) is 96.9 cm³/mol. The number of benzene rings is 1. The van der Waals surface area contributed by atoms with E-state index in [1.54, 1.807) is 18.1 Å². The highest BCUT2D eigenvalue weighted by Crippen LogP contribution is 2.27. The van der Waals surface area contributed by atoms with E-state index in [1.807, 2.05) is 30.3 Å². The maximum Gasteiger partial charge on any atom is 0.227 e. The third kappa shape index (κ3) is 4.41. The average molecular weight is 341 g/mol. The highest BCUT2D eigenvalue weighted by molar-refractivity contribution is 5.94. The molecule has 0 atom stereocenters. The minimum Gasteiger partial charge on any atom is -0.494 e. The van der Waals surface area contributed by atoms with E-state index in [0.717, 1.165) is 42.1 Å². The molecule has 6 heteroatoms. The maximum atomic E-state index is 12.1. The second-order valence-electron chi connectivity index (χ2n) is 6.18. The van der Waals surface area contributed by atoms with Crippen LogP contribution in [0.5, 0.6) is 5.75 Å².